The molecule has 2 heterocycles. The van der Waals surface area contributed by atoms with Crippen molar-refractivity contribution < 1.29 is 8.78 Å². The van der Waals surface area contributed by atoms with Crippen LogP contribution in [0.25, 0.3) is 5.69 Å². The fourth-order valence-electron chi connectivity index (χ4n) is 2.95. The summed E-state index contributed by atoms with van der Waals surface area (Å²) in [5.74, 6) is -0.263. The molecule has 4 aromatic rings. The van der Waals surface area contributed by atoms with Gasteiger partial charge in [-0.3, -0.25) is 14.3 Å². The number of rotatable bonds is 6. The second kappa shape index (κ2) is 8.86. The van der Waals surface area contributed by atoms with Gasteiger partial charge >= 0.3 is 5.69 Å². The third-order valence-corrected chi connectivity index (χ3v) is 5.67. The molecular weight excluding hydrogens is 448 g/mol. The monoisotopic (exact) mass is 461 g/mol. The van der Waals surface area contributed by atoms with E-state index in [-0.39, 0.29) is 12.2 Å². The van der Waals surface area contributed by atoms with Crippen LogP contribution in [0.4, 0.5) is 8.78 Å². The van der Waals surface area contributed by atoms with Crippen molar-refractivity contribution in [2.24, 2.45) is 0 Å². The smallest absolute Gasteiger partial charge is 0.311 e. The number of thioether (sulfide) groups is 1. The molecular formula is C20H14ClF2N5O2S. The summed E-state index contributed by atoms with van der Waals surface area (Å²) in [6.07, 6.45) is 0.0878. The Morgan fingerprint density at radius 2 is 1.81 bits per heavy atom. The molecule has 0 aliphatic heterocycles. The lowest BCUT2D eigenvalue weighted by molar-refractivity contribution is 0.617. The molecule has 0 fully saturated rings. The molecule has 0 aliphatic carbocycles. The van der Waals surface area contributed by atoms with Gasteiger partial charge in [-0.25, -0.2) is 13.6 Å². The Balaban J connectivity index is 1.72. The first-order chi connectivity index (χ1) is 14.9. The van der Waals surface area contributed by atoms with Crippen LogP contribution in [0.5, 0.6) is 0 Å². The molecule has 0 bridgehead atoms. The van der Waals surface area contributed by atoms with Crippen LogP contribution >= 0.6 is 23.4 Å². The van der Waals surface area contributed by atoms with E-state index < -0.39 is 22.9 Å². The van der Waals surface area contributed by atoms with E-state index in [2.05, 4.69) is 20.2 Å². The van der Waals surface area contributed by atoms with Crippen molar-refractivity contribution in [1.29, 1.82) is 0 Å². The Hall–Kier alpha value is -3.24. The number of hydrogen-bond donors (Lipinski definition) is 2. The van der Waals surface area contributed by atoms with Crippen molar-refractivity contribution >= 4 is 23.4 Å². The molecule has 0 amide bonds. The Morgan fingerprint density at radius 3 is 2.52 bits per heavy atom. The number of aromatic nitrogens is 5. The van der Waals surface area contributed by atoms with Crippen LogP contribution in [-0.2, 0) is 12.2 Å². The Labute approximate surface area is 183 Å². The number of benzene rings is 2. The Kier molecular flexibility index (Phi) is 6.01. The number of halogens is 3. The quantitative estimate of drug-likeness (QED) is 0.429. The van der Waals surface area contributed by atoms with E-state index in [1.165, 1.54) is 42.1 Å². The largest absolute Gasteiger partial charge is 0.325 e. The van der Waals surface area contributed by atoms with Crippen LogP contribution in [0, 0.1) is 11.6 Å². The molecule has 158 valence electrons. The van der Waals surface area contributed by atoms with Crippen LogP contribution in [0.1, 0.15) is 17.1 Å². The molecule has 31 heavy (non-hydrogen) atoms. The Morgan fingerprint density at radius 1 is 1.03 bits per heavy atom. The lowest BCUT2D eigenvalue weighted by atomic mass is 10.2. The second-order valence-corrected chi connectivity index (χ2v) is 7.84. The molecule has 0 atom stereocenters. The van der Waals surface area contributed by atoms with Crippen molar-refractivity contribution in [3.8, 4) is 5.69 Å². The summed E-state index contributed by atoms with van der Waals surface area (Å²) in [6, 6.07) is 11.4. The first kappa shape index (κ1) is 21.0. The summed E-state index contributed by atoms with van der Waals surface area (Å²) in [5, 5.41) is 9.04. The van der Waals surface area contributed by atoms with Crippen molar-refractivity contribution in [3.05, 3.63) is 103 Å². The molecule has 0 aliphatic rings. The highest BCUT2D eigenvalue weighted by Gasteiger charge is 2.17. The fraction of sp³-hybridized carbons (Fsp3) is 0.100. The molecule has 2 N–H and O–H groups in total. The lowest BCUT2D eigenvalue weighted by Crippen LogP contribution is -2.23. The second-order valence-electron chi connectivity index (χ2n) is 6.49. The average Bonchev–Trinajstić information content (AvgIpc) is 3.10. The van der Waals surface area contributed by atoms with E-state index >= 15 is 0 Å². The number of hydrogen-bond acceptors (Lipinski definition) is 5. The number of H-pyrrole nitrogens is 2. The lowest BCUT2D eigenvalue weighted by Gasteiger charge is -2.11. The van der Waals surface area contributed by atoms with Crippen molar-refractivity contribution in [3.63, 3.8) is 0 Å². The number of nitrogens with zero attached hydrogens (tertiary/aromatic N) is 3. The summed E-state index contributed by atoms with van der Waals surface area (Å²) in [6.45, 7) is 0. The fourth-order valence-corrected chi connectivity index (χ4v) is 4.26. The maximum atomic E-state index is 14.1. The average molecular weight is 462 g/mol. The third-order valence-electron chi connectivity index (χ3n) is 4.36. The van der Waals surface area contributed by atoms with Crippen LogP contribution in [0.15, 0.2) is 63.3 Å². The highest BCUT2D eigenvalue weighted by atomic mass is 35.5. The van der Waals surface area contributed by atoms with Gasteiger partial charge in [-0.15, -0.1) is 10.2 Å². The molecule has 7 nitrogen and oxygen atoms in total. The zero-order chi connectivity index (χ0) is 22.0. The maximum Gasteiger partial charge on any atom is 0.325 e. The topological polar surface area (TPSA) is 96.4 Å². The van der Waals surface area contributed by atoms with E-state index in [0.29, 0.717) is 32.9 Å². The third kappa shape index (κ3) is 4.75. The van der Waals surface area contributed by atoms with Crippen molar-refractivity contribution in [2.75, 3.05) is 0 Å². The van der Waals surface area contributed by atoms with Gasteiger partial charge in [-0.2, -0.15) is 0 Å². The summed E-state index contributed by atoms with van der Waals surface area (Å²) < 4.78 is 29.2. The highest BCUT2D eigenvalue weighted by molar-refractivity contribution is 7.98. The SMILES string of the molecule is O=c1cc(Cc2nnc(SCc3c(F)cccc3Cl)n2-c2ccc(F)cc2)[nH]c(=O)[nH]1. The zero-order valence-corrected chi connectivity index (χ0v) is 17.3. The first-order valence-electron chi connectivity index (χ1n) is 8.99. The predicted octanol–water partition coefficient (Wildman–Crippen LogP) is 3.46. The molecule has 11 heteroatoms. The normalized spacial score (nSPS) is 11.1. The van der Waals surface area contributed by atoms with E-state index in [0.717, 1.165) is 0 Å². The van der Waals surface area contributed by atoms with Gasteiger partial charge in [0.15, 0.2) is 5.16 Å². The van der Waals surface area contributed by atoms with Gasteiger partial charge < -0.3 is 4.98 Å². The van der Waals surface area contributed by atoms with Gasteiger partial charge in [0.2, 0.25) is 0 Å². The van der Waals surface area contributed by atoms with E-state index in [9.17, 15) is 18.4 Å². The van der Waals surface area contributed by atoms with Gasteiger partial charge in [0.1, 0.15) is 17.5 Å². The minimum absolute atomic E-state index is 0.0878. The van der Waals surface area contributed by atoms with Crippen LogP contribution < -0.4 is 11.2 Å². The highest BCUT2D eigenvalue weighted by Crippen LogP contribution is 2.30. The molecule has 0 spiro atoms. The van der Waals surface area contributed by atoms with Gasteiger partial charge in [-0.05, 0) is 36.4 Å². The summed E-state index contributed by atoms with van der Waals surface area (Å²) in [5.41, 5.74) is 0.0340. The van der Waals surface area contributed by atoms with Gasteiger partial charge in [0, 0.05) is 40.2 Å². The van der Waals surface area contributed by atoms with E-state index in [1.807, 2.05) is 0 Å². The zero-order valence-electron chi connectivity index (χ0n) is 15.7. The summed E-state index contributed by atoms with van der Waals surface area (Å²) in [7, 11) is 0. The molecule has 0 unspecified atom stereocenters. The molecule has 2 aromatic carbocycles. The molecule has 0 saturated carbocycles. The summed E-state index contributed by atoms with van der Waals surface area (Å²) in [4.78, 5) is 27.8. The van der Waals surface area contributed by atoms with Gasteiger partial charge in [0.05, 0.1) is 0 Å². The van der Waals surface area contributed by atoms with Crippen LogP contribution in [0.3, 0.4) is 0 Å². The first-order valence-corrected chi connectivity index (χ1v) is 10.4. The minimum atomic E-state index is -0.640. The van der Waals surface area contributed by atoms with Crippen LogP contribution in [0.2, 0.25) is 5.02 Å². The molecule has 2 aromatic heterocycles. The Bertz CT molecular complexity index is 1300. The standard InChI is InChI=1S/C20H14ClF2N5O2S/c21-15-2-1-3-16(23)14(15)10-31-20-27-26-17(8-12-9-18(29)25-19(30)24-12)28(20)13-6-4-11(22)5-7-13/h1-7,9H,8,10H2,(H2,24,25,29,30). The van der Waals surface area contributed by atoms with Crippen molar-refractivity contribution in [1.82, 2.24) is 24.7 Å². The molecule has 0 radical (unpaired) electrons. The van der Waals surface area contributed by atoms with E-state index in [1.54, 1.807) is 22.8 Å². The minimum Gasteiger partial charge on any atom is -0.311 e. The van der Waals surface area contributed by atoms with Gasteiger partial charge in [0.25, 0.3) is 5.56 Å². The summed E-state index contributed by atoms with van der Waals surface area (Å²) >= 11 is 7.30. The number of aromatic amines is 2. The molecule has 0 saturated heterocycles. The predicted molar refractivity (Wildman–Crippen MR) is 113 cm³/mol. The van der Waals surface area contributed by atoms with Gasteiger partial charge in [-0.1, -0.05) is 29.4 Å². The number of nitrogens with one attached hydrogen (secondary N) is 2. The van der Waals surface area contributed by atoms with Crippen LogP contribution in [-0.4, -0.2) is 24.7 Å². The van der Waals surface area contributed by atoms with Crippen molar-refractivity contribution in [2.45, 2.75) is 17.3 Å². The molecule has 4 rings (SSSR count). The van der Waals surface area contributed by atoms with E-state index in [4.69, 9.17) is 11.6 Å². The maximum absolute atomic E-state index is 14.1.